The second kappa shape index (κ2) is 3.45. The molecule has 0 spiro atoms. The molecule has 1 atom stereocenters. The molecule has 3 rings (SSSR count). The average molecular weight is 223 g/mol. The summed E-state index contributed by atoms with van der Waals surface area (Å²) in [7, 11) is 0. The minimum Gasteiger partial charge on any atom is -0.399 e. The molecule has 1 aliphatic rings. The molecule has 2 N–H and O–H groups in total. The van der Waals surface area contributed by atoms with Gasteiger partial charge in [0.15, 0.2) is 5.78 Å². The van der Waals surface area contributed by atoms with Crippen molar-refractivity contribution in [2.75, 3.05) is 5.73 Å². The van der Waals surface area contributed by atoms with E-state index in [0.29, 0.717) is 5.69 Å². The number of nitrogens with two attached hydrogens (primary N) is 1. The van der Waals surface area contributed by atoms with E-state index < -0.39 is 0 Å². The standard InChI is InChI=1S/C15H13NO/c1-9-11-4-2-3-5-12(11)15(17)13-7-6-10(16)8-14(9)13/h2-9H,16H2,1H3/t9-/m1/s1. The zero-order valence-electron chi connectivity index (χ0n) is 9.60. The van der Waals surface area contributed by atoms with Crippen molar-refractivity contribution in [3.8, 4) is 0 Å². The van der Waals surface area contributed by atoms with Gasteiger partial charge in [-0.15, -0.1) is 0 Å². The first-order valence-electron chi connectivity index (χ1n) is 5.71. The molecule has 1 aliphatic carbocycles. The van der Waals surface area contributed by atoms with Gasteiger partial charge in [-0.2, -0.15) is 0 Å². The number of carbonyl (C=O) groups is 1. The highest BCUT2D eigenvalue weighted by molar-refractivity contribution is 6.12. The fourth-order valence-electron chi connectivity index (χ4n) is 2.54. The fourth-order valence-corrected chi connectivity index (χ4v) is 2.54. The number of rotatable bonds is 0. The van der Waals surface area contributed by atoms with Crippen LogP contribution in [-0.4, -0.2) is 5.78 Å². The van der Waals surface area contributed by atoms with Crippen LogP contribution in [0.15, 0.2) is 42.5 Å². The molecule has 0 radical (unpaired) electrons. The Kier molecular flexibility index (Phi) is 2.05. The number of fused-ring (bicyclic) bond motifs is 2. The lowest BCUT2D eigenvalue weighted by Gasteiger charge is -2.24. The van der Waals surface area contributed by atoms with Crippen LogP contribution >= 0.6 is 0 Å². The highest BCUT2D eigenvalue weighted by atomic mass is 16.1. The van der Waals surface area contributed by atoms with Crippen LogP contribution in [0.1, 0.15) is 39.9 Å². The Balaban J connectivity index is 2.29. The van der Waals surface area contributed by atoms with Gasteiger partial charge in [0.25, 0.3) is 0 Å². The van der Waals surface area contributed by atoms with E-state index in [4.69, 9.17) is 5.73 Å². The first-order valence-corrected chi connectivity index (χ1v) is 5.71. The van der Waals surface area contributed by atoms with Crippen molar-refractivity contribution in [3.05, 3.63) is 64.7 Å². The van der Waals surface area contributed by atoms with E-state index in [1.54, 1.807) is 6.07 Å². The van der Waals surface area contributed by atoms with Gasteiger partial charge in [-0.25, -0.2) is 0 Å². The molecular formula is C15H13NO. The Morgan fingerprint density at radius 2 is 1.71 bits per heavy atom. The predicted molar refractivity (Wildman–Crippen MR) is 68.2 cm³/mol. The van der Waals surface area contributed by atoms with Gasteiger partial charge in [-0.3, -0.25) is 4.79 Å². The van der Waals surface area contributed by atoms with E-state index in [-0.39, 0.29) is 11.7 Å². The maximum absolute atomic E-state index is 12.3. The SMILES string of the molecule is C[C@@H]1c2ccccc2C(=O)c2ccc(N)cc21. The third kappa shape index (κ3) is 1.37. The van der Waals surface area contributed by atoms with Crippen molar-refractivity contribution < 1.29 is 4.79 Å². The van der Waals surface area contributed by atoms with Crippen molar-refractivity contribution >= 4 is 11.5 Å². The number of hydrogen-bond acceptors (Lipinski definition) is 2. The van der Waals surface area contributed by atoms with Crippen LogP contribution in [0.2, 0.25) is 0 Å². The number of ketones is 1. The van der Waals surface area contributed by atoms with Gasteiger partial charge in [0.05, 0.1) is 0 Å². The highest BCUT2D eigenvalue weighted by Gasteiger charge is 2.27. The molecule has 17 heavy (non-hydrogen) atoms. The van der Waals surface area contributed by atoms with Crippen LogP contribution in [0.3, 0.4) is 0 Å². The van der Waals surface area contributed by atoms with Crippen molar-refractivity contribution in [1.29, 1.82) is 0 Å². The van der Waals surface area contributed by atoms with Gasteiger partial charge in [0.1, 0.15) is 0 Å². The van der Waals surface area contributed by atoms with E-state index in [0.717, 1.165) is 22.3 Å². The maximum atomic E-state index is 12.3. The molecule has 0 aromatic heterocycles. The Morgan fingerprint density at radius 3 is 2.53 bits per heavy atom. The zero-order valence-corrected chi connectivity index (χ0v) is 9.60. The van der Waals surface area contributed by atoms with Crippen LogP contribution in [0.4, 0.5) is 5.69 Å². The molecule has 2 heteroatoms. The van der Waals surface area contributed by atoms with Gasteiger partial charge >= 0.3 is 0 Å². The molecule has 0 aliphatic heterocycles. The van der Waals surface area contributed by atoms with E-state index >= 15 is 0 Å². The van der Waals surface area contributed by atoms with Crippen molar-refractivity contribution in [2.24, 2.45) is 0 Å². The molecule has 84 valence electrons. The summed E-state index contributed by atoms with van der Waals surface area (Å²) < 4.78 is 0. The van der Waals surface area contributed by atoms with E-state index in [1.807, 2.05) is 36.4 Å². The molecule has 2 aromatic carbocycles. The number of carbonyl (C=O) groups excluding carboxylic acids is 1. The predicted octanol–water partition coefficient (Wildman–Crippen LogP) is 2.97. The lowest BCUT2D eigenvalue weighted by molar-refractivity contribution is 0.103. The Bertz CT molecular complexity index is 616. The molecule has 2 aromatic rings. The van der Waals surface area contributed by atoms with E-state index in [2.05, 4.69) is 6.92 Å². The first kappa shape index (κ1) is 10.1. The normalized spacial score (nSPS) is 17.5. The lowest BCUT2D eigenvalue weighted by Crippen LogP contribution is -2.18. The van der Waals surface area contributed by atoms with Crippen LogP contribution in [0.25, 0.3) is 0 Å². The van der Waals surface area contributed by atoms with Crippen molar-refractivity contribution in [2.45, 2.75) is 12.8 Å². The van der Waals surface area contributed by atoms with Gasteiger partial charge < -0.3 is 5.73 Å². The summed E-state index contributed by atoms with van der Waals surface area (Å²) in [6.07, 6.45) is 0. The summed E-state index contributed by atoms with van der Waals surface area (Å²) in [5, 5.41) is 0. The molecule has 0 saturated heterocycles. The highest BCUT2D eigenvalue weighted by Crippen LogP contribution is 2.36. The lowest BCUT2D eigenvalue weighted by atomic mass is 9.78. The quantitative estimate of drug-likeness (QED) is 0.698. The minimum atomic E-state index is 0.105. The maximum Gasteiger partial charge on any atom is 0.193 e. The minimum absolute atomic E-state index is 0.105. The van der Waals surface area contributed by atoms with Gasteiger partial charge in [-0.1, -0.05) is 31.2 Å². The van der Waals surface area contributed by atoms with Crippen LogP contribution in [0, 0.1) is 0 Å². The molecule has 0 heterocycles. The number of benzene rings is 2. The van der Waals surface area contributed by atoms with Crippen LogP contribution in [-0.2, 0) is 0 Å². The van der Waals surface area contributed by atoms with E-state index in [9.17, 15) is 4.79 Å². The molecule has 0 saturated carbocycles. The summed E-state index contributed by atoms with van der Waals surface area (Å²) >= 11 is 0. The Labute approximate surface area is 100 Å². The van der Waals surface area contributed by atoms with Gasteiger partial charge in [0.2, 0.25) is 0 Å². The van der Waals surface area contributed by atoms with Crippen molar-refractivity contribution in [3.63, 3.8) is 0 Å². The summed E-state index contributed by atoms with van der Waals surface area (Å²) in [6, 6.07) is 13.3. The van der Waals surface area contributed by atoms with Crippen LogP contribution in [0.5, 0.6) is 0 Å². The molecule has 2 nitrogen and oxygen atoms in total. The molecule has 0 unspecified atom stereocenters. The first-order chi connectivity index (χ1) is 8.18. The summed E-state index contributed by atoms with van der Waals surface area (Å²) in [5.41, 5.74) is 10.2. The molecule has 0 amide bonds. The monoisotopic (exact) mass is 223 g/mol. The molecular weight excluding hydrogens is 210 g/mol. The topological polar surface area (TPSA) is 43.1 Å². The summed E-state index contributed by atoms with van der Waals surface area (Å²) in [5.74, 6) is 0.330. The van der Waals surface area contributed by atoms with E-state index in [1.165, 1.54) is 0 Å². The third-order valence-corrected chi connectivity index (χ3v) is 3.46. The number of nitrogen functional groups attached to an aromatic ring is 1. The summed E-state index contributed by atoms with van der Waals surface area (Å²) in [6.45, 7) is 2.11. The van der Waals surface area contributed by atoms with Crippen LogP contribution < -0.4 is 5.73 Å². The zero-order chi connectivity index (χ0) is 12.0. The third-order valence-electron chi connectivity index (χ3n) is 3.46. The average Bonchev–Trinajstić information content (AvgIpc) is 2.36. The number of anilines is 1. The van der Waals surface area contributed by atoms with Gasteiger partial charge in [-0.05, 0) is 29.3 Å². The summed E-state index contributed by atoms with van der Waals surface area (Å²) in [4.78, 5) is 12.3. The second-order valence-electron chi connectivity index (χ2n) is 4.48. The fraction of sp³-hybridized carbons (Fsp3) is 0.133. The second-order valence-corrected chi connectivity index (χ2v) is 4.48. The Morgan fingerprint density at radius 1 is 1.00 bits per heavy atom. The molecule has 0 fully saturated rings. The van der Waals surface area contributed by atoms with Crippen molar-refractivity contribution in [1.82, 2.24) is 0 Å². The molecule has 0 bridgehead atoms. The largest absolute Gasteiger partial charge is 0.399 e. The number of hydrogen-bond donors (Lipinski definition) is 1. The Hall–Kier alpha value is -2.09. The smallest absolute Gasteiger partial charge is 0.193 e. The van der Waals surface area contributed by atoms with Gasteiger partial charge in [0, 0.05) is 22.7 Å².